The first kappa shape index (κ1) is 13.9. The average molecular weight is 202 g/mol. The van der Waals surface area contributed by atoms with E-state index in [0.717, 1.165) is 32.8 Å². The van der Waals surface area contributed by atoms with Gasteiger partial charge in [0.15, 0.2) is 0 Å². The Morgan fingerprint density at radius 2 is 1.86 bits per heavy atom. The van der Waals surface area contributed by atoms with Crippen LogP contribution in [0.1, 0.15) is 27.7 Å². The molecular formula is C11H26N2O. The molecule has 0 saturated carbocycles. The maximum atomic E-state index is 5.29. The predicted octanol–water partition coefficient (Wildman–Crippen LogP) is 1.34. The third kappa shape index (κ3) is 9.96. The molecule has 0 aliphatic heterocycles. The van der Waals surface area contributed by atoms with Gasteiger partial charge < -0.3 is 15.0 Å². The van der Waals surface area contributed by atoms with Crippen LogP contribution in [0.25, 0.3) is 0 Å². The lowest BCUT2D eigenvalue weighted by atomic mass is 10.1. The Kier molecular flexibility index (Phi) is 7.15. The fourth-order valence-corrected chi connectivity index (χ4v) is 1.10. The smallest absolute Gasteiger partial charge is 0.0593 e. The molecule has 86 valence electrons. The topological polar surface area (TPSA) is 24.5 Å². The number of hydrogen-bond donors (Lipinski definition) is 1. The third-order valence-electron chi connectivity index (χ3n) is 1.97. The van der Waals surface area contributed by atoms with Crippen molar-refractivity contribution in [3.8, 4) is 0 Å². The molecular weight excluding hydrogens is 176 g/mol. The number of hydrogen-bond acceptors (Lipinski definition) is 3. The minimum absolute atomic E-state index is 0.223. The highest BCUT2D eigenvalue weighted by atomic mass is 16.5. The van der Waals surface area contributed by atoms with E-state index in [0.29, 0.717) is 0 Å². The molecule has 0 spiro atoms. The van der Waals surface area contributed by atoms with Gasteiger partial charge in [-0.15, -0.1) is 0 Å². The quantitative estimate of drug-likeness (QED) is 0.631. The van der Waals surface area contributed by atoms with Crippen molar-refractivity contribution in [2.45, 2.75) is 33.2 Å². The molecule has 0 radical (unpaired) electrons. The van der Waals surface area contributed by atoms with Gasteiger partial charge in [0.25, 0.3) is 0 Å². The van der Waals surface area contributed by atoms with Gasteiger partial charge in [-0.2, -0.15) is 0 Å². The van der Waals surface area contributed by atoms with E-state index in [4.69, 9.17) is 4.74 Å². The van der Waals surface area contributed by atoms with Crippen molar-refractivity contribution < 1.29 is 4.74 Å². The molecule has 0 unspecified atom stereocenters. The van der Waals surface area contributed by atoms with Gasteiger partial charge in [-0.1, -0.05) is 0 Å². The van der Waals surface area contributed by atoms with Crippen LogP contribution in [0.5, 0.6) is 0 Å². The highest BCUT2D eigenvalue weighted by molar-refractivity contribution is 4.70. The summed E-state index contributed by atoms with van der Waals surface area (Å²) in [6, 6.07) is 0. The molecule has 3 nitrogen and oxygen atoms in total. The Morgan fingerprint density at radius 1 is 1.21 bits per heavy atom. The van der Waals surface area contributed by atoms with Gasteiger partial charge in [0, 0.05) is 31.8 Å². The molecule has 0 aliphatic carbocycles. The Morgan fingerprint density at radius 3 is 2.36 bits per heavy atom. The maximum absolute atomic E-state index is 5.29. The molecule has 0 aromatic carbocycles. The second-order valence-electron chi connectivity index (χ2n) is 4.68. The number of rotatable bonds is 7. The van der Waals surface area contributed by atoms with Gasteiger partial charge in [0.1, 0.15) is 0 Å². The van der Waals surface area contributed by atoms with Crippen LogP contribution in [-0.4, -0.2) is 50.3 Å². The zero-order valence-electron chi connectivity index (χ0n) is 10.4. The van der Waals surface area contributed by atoms with Crippen LogP contribution < -0.4 is 5.32 Å². The standard InChI is InChI=1S/C11H26N2O/c1-6-14-10-9-13(5)8-7-12-11(2,3)4/h12H,6-10H2,1-5H3. The molecule has 0 heterocycles. The van der Waals surface area contributed by atoms with E-state index in [2.05, 4.69) is 38.0 Å². The van der Waals surface area contributed by atoms with Crippen molar-refractivity contribution in [1.29, 1.82) is 0 Å². The molecule has 0 bridgehead atoms. The Labute approximate surface area is 88.8 Å². The lowest BCUT2D eigenvalue weighted by molar-refractivity contribution is 0.122. The van der Waals surface area contributed by atoms with Gasteiger partial charge >= 0.3 is 0 Å². The van der Waals surface area contributed by atoms with E-state index in [1.807, 2.05) is 6.92 Å². The SMILES string of the molecule is CCOCCN(C)CCNC(C)(C)C. The van der Waals surface area contributed by atoms with E-state index in [1.54, 1.807) is 0 Å². The Balaban J connectivity index is 3.31. The summed E-state index contributed by atoms with van der Waals surface area (Å²) in [5, 5.41) is 3.46. The van der Waals surface area contributed by atoms with Gasteiger partial charge in [-0.3, -0.25) is 0 Å². The van der Waals surface area contributed by atoms with Crippen LogP contribution >= 0.6 is 0 Å². The van der Waals surface area contributed by atoms with E-state index in [1.165, 1.54) is 0 Å². The van der Waals surface area contributed by atoms with Gasteiger partial charge in [0.05, 0.1) is 6.61 Å². The van der Waals surface area contributed by atoms with Crippen LogP contribution in [0.4, 0.5) is 0 Å². The average Bonchev–Trinajstić information content (AvgIpc) is 2.02. The number of nitrogens with one attached hydrogen (secondary N) is 1. The van der Waals surface area contributed by atoms with Gasteiger partial charge in [-0.25, -0.2) is 0 Å². The second-order valence-corrected chi connectivity index (χ2v) is 4.68. The van der Waals surface area contributed by atoms with E-state index in [-0.39, 0.29) is 5.54 Å². The second kappa shape index (κ2) is 7.21. The molecule has 3 heteroatoms. The number of nitrogens with zero attached hydrogens (tertiary/aromatic N) is 1. The molecule has 0 aromatic heterocycles. The van der Waals surface area contributed by atoms with Crippen molar-refractivity contribution in [2.75, 3.05) is 39.9 Å². The van der Waals surface area contributed by atoms with E-state index in [9.17, 15) is 0 Å². The zero-order valence-corrected chi connectivity index (χ0v) is 10.4. The highest BCUT2D eigenvalue weighted by Gasteiger charge is 2.08. The monoisotopic (exact) mass is 202 g/mol. The van der Waals surface area contributed by atoms with Crippen molar-refractivity contribution in [3.63, 3.8) is 0 Å². The van der Waals surface area contributed by atoms with Crippen LogP contribution in [0.2, 0.25) is 0 Å². The van der Waals surface area contributed by atoms with Crippen LogP contribution in [0, 0.1) is 0 Å². The lowest BCUT2D eigenvalue weighted by Gasteiger charge is -2.23. The van der Waals surface area contributed by atoms with E-state index < -0.39 is 0 Å². The summed E-state index contributed by atoms with van der Waals surface area (Å²) in [5.74, 6) is 0. The lowest BCUT2D eigenvalue weighted by Crippen LogP contribution is -2.41. The molecule has 0 saturated heterocycles. The maximum Gasteiger partial charge on any atom is 0.0593 e. The summed E-state index contributed by atoms with van der Waals surface area (Å²) < 4.78 is 5.29. The first-order valence-corrected chi connectivity index (χ1v) is 5.47. The fourth-order valence-electron chi connectivity index (χ4n) is 1.10. The summed E-state index contributed by atoms with van der Waals surface area (Å²) >= 11 is 0. The van der Waals surface area contributed by atoms with Gasteiger partial charge in [-0.05, 0) is 34.7 Å². The molecule has 14 heavy (non-hydrogen) atoms. The highest BCUT2D eigenvalue weighted by Crippen LogP contribution is 1.97. The zero-order chi connectivity index (χ0) is 11.0. The summed E-state index contributed by atoms with van der Waals surface area (Å²) in [6.07, 6.45) is 0. The normalized spacial score (nSPS) is 12.4. The van der Waals surface area contributed by atoms with Crippen LogP contribution in [-0.2, 0) is 4.74 Å². The molecule has 0 aromatic rings. The predicted molar refractivity (Wildman–Crippen MR) is 61.7 cm³/mol. The van der Waals surface area contributed by atoms with Crippen LogP contribution in [0.3, 0.4) is 0 Å². The van der Waals surface area contributed by atoms with Crippen molar-refractivity contribution in [3.05, 3.63) is 0 Å². The molecule has 0 fully saturated rings. The van der Waals surface area contributed by atoms with Crippen molar-refractivity contribution in [2.24, 2.45) is 0 Å². The molecule has 0 amide bonds. The molecule has 0 atom stereocenters. The Hall–Kier alpha value is -0.120. The van der Waals surface area contributed by atoms with Gasteiger partial charge in [0.2, 0.25) is 0 Å². The first-order chi connectivity index (χ1) is 6.45. The minimum atomic E-state index is 0.223. The summed E-state index contributed by atoms with van der Waals surface area (Å²) in [4.78, 5) is 2.29. The molecule has 0 aliphatic rings. The third-order valence-corrected chi connectivity index (χ3v) is 1.97. The minimum Gasteiger partial charge on any atom is -0.380 e. The first-order valence-electron chi connectivity index (χ1n) is 5.47. The summed E-state index contributed by atoms with van der Waals surface area (Å²) in [6.45, 7) is 13.4. The summed E-state index contributed by atoms with van der Waals surface area (Å²) in [5.41, 5.74) is 0.223. The van der Waals surface area contributed by atoms with Crippen LogP contribution in [0.15, 0.2) is 0 Å². The van der Waals surface area contributed by atoms with E-state index >= 15 is 0 Å². The van der Waals surface area contributed by atoms with Crippen molar-refractivity contribution in [1.82, 2.24) is 10.2 Å². The fraction of sp³-hybridized carbons (Fsp3) is 1.00. The van der Waals surface area contributed by atoms with Crippen molar-refractivity contribution >= 4 is 0 Å². The number of ether oxygens (including phenoxy) is 1. The number of likely N-dealkylation sites (N-methyl/N-ethyl adjacent to an activating group) is 1. The largest absolute Gasteiger partial charge is 0.380 e. The summed E-state index contributed by atoms with van der Waals surface area (Å²) in [7, 11) is 2.13. The molecule has 0 rings (SSSR count). The Bertz CT molecular complexity index is 132. The molecule has 1 N–H and O–H groups in total.